The van der Waals surface area contributed by atoms with E-state index in [1.54, 1.807) is 0 Å². The molecule has 2 rings (SSSR count). The van der Waals surface area contributed by atoms with Gasteiger partial charge < -0.3 is 0 Å². The predicted octanol–water partition coefficient (Wildman–Crippen LogP) is 1.29. The second-order valence-corrected chi connectivity index (χ2v) is 5.55. The third-order valence-electron chi connectivity index (χ3n) is 2.26. The molecule has 0 aromatic heterocycles. The number of likely N-dealkylation sites (tertiary alicyclic amines) is 1. The lowest BCUT2D eigenvalue weighted by molar-refractivity contribution is 0.182. The Morgan fingerprint density at radius 1 is 1.28 bits per heavy atom. The molecule has 0 aliphatic carbocycles. The fraction of sp³-hybridized carbons (Fsp3) is 0.400. The van der Waals surface area contributed by atoms with Crippen LogP contribution >= 0.6 is 12.6 Å². The van der Waals surface area contributed by atoms with Gasteiger partial charge in [0, 0.05) is 24.9 Å². The highest BCUT2D eigenvalue weighted by Gasteiger charge is 2.22. The highest BCUT2D eigenvalue weighted by molar-refractivity contribution is 7.81. The van der Waals surface area contributed by atoms with Gasteiger partial charge in [-0.25, -0.2) is 4.39 Å². The molecule has 0 bridgehead atoms. The van der Waals surface area contributed by atoms with Crippen LogP contribution in [0.2, 0.25) is 0 Å². The first-order valence-corrected chi connectivity index (χ1v) is 7.00. The molecule has 1 aromatic carbocycles. The van der Waals surface area contributed by atoms with Crippen molar-refractivity contribution in [2.24, 2.45) is 0 Å². The van der Waals surface area contributed by atoms with Crippen molar-refractivity contribution in [3.05, 3.63) is 35.6 Å². The summed E-state index contributed by atoms with van der Waals surface area (Å²) in [7, 11) is -4.67. The van der Waals surface area contributed by atoms with Gasteiger partial charge in [0.2, 0.25) is 0 Å². The fourth-order valence-electron chi connectivity index (χ4n) is 1.52. The molecule has 0 spiro atoms. The second kappa shape index (κ2) is 6.48. The predicted molar refractivity (Wildman–Crippen MR) is 68.6 cm³/mol. The van der Waals surface area contributed by atoms with Crippen molar-refractivity contribution in [3.63, 3.8) is 0 Å². The van der Waals surface area contributed by atoms with Crippen molar-refractivity contribution in [3.8, 4) is 0 Å². The third-order valence-corrected chi connectivity index (χ3v) is 2.58. The number of halogens is 1. The molecule has 18 heavy (non-hydrogen) atoms. The molecule has 1 aliphatic heterocycles. The number of thiol groups is 1. The first-order chi connectivity index (χ1) is 8.24. The molecule has 1 fully saturated rings. The van der Waals surface area contributed by atoms with E-state index in [1.165, 1.54) is 17.7 Å². The number of rotatable bonds is 2. The lowest BCUT2D eigenvalue weighted by Gasteiger charge is -2.36. The van der Waals surface area contributed by atoms with Gasteiger partial charge in [0.25, 0.3) is 0 Å². The zero-order valence-electron chi connectivity index (χ0n) is 9.40. The minimum Gasteiger partial charge on any atom is -0.297 e. The van der Waals surface area contributed by atoms with Crippen molar-refractivity contribution in [1.29, 1.82) is 0 Å². The number of benzene rings is 1. The van der Waals surface area contributed by atoms with Crippen LogP contribution in [0, 0.1) is 5.82 Å². The minimum absolute atomic E-state index is 0.167. The van der Waals surface area contributed by atoms with Gasteiger partial charge in [0.15, 0.2) is 0 Å². The normalized spacial score (nSPS) is 16.7. The molecule has 0 atom stereocenters. The van der Waals surface area contributed by atoms with Crippen molar-refractivity contribution < 1.29 is 21.9 Å². The quantitative estimate of drug-likeness (QED) is 0.566. The molecular formula is C10H14FNO4S2. The van der Waals surface area contributed by atoms with Crippen LogP contribution in [0.1, 0.15) is 5.56 Å². The van der Waals surface area contributed by atoms with Crippen molar-refractivity contribution in [2.75, 3.05) is 13.1 Å². The molecule has 0 unspecified atom stereocenters. The maximum absolute atomic E-state index is 12.6. The molecule has 0 saturated carbocycles. The Morgan fingerprint density at radius 3 is 2.11 bits per heavy atom. The van der Waals surface area contributed by atoms with Gasteiger partial charge in [-0.3, -0.25) is 14.0 Å². The Labute approximate surface area is 111 Å². The van der Waals surface area contributed by atoms with E-state index in [4.69, 9.17) is 17.5 Å². The molecule has 1 heterocycles. The molecule has 2 N–H and O–H groups in total. The minimum atomic E-state index is -4.67. The lowest BCUT2D eigenvalue weighted by atomic mass is 10.1. The molecule has 8 heteroatoms. The van der Waals surface area contributed by atoms with Crippen LogP contribution in [0.4, 0.5) is 4.39 Å². The van der Waals surface area contributed by atoms with E-state index < -0.39 is 10.4 Å². The third kappa shape index (κ3) is 6.92. The van der Waals surface area contributed by atoms with Gasteiger partial charge in [0.05, 0.1) is 0 Å². The van der Waals surface area contributed by atoms with E-state index in [9.17, 15) is 4.39 Å². The molecule has 0 radical (unpaired) electrons. The zero-order valence-corrected chi connectivity index (χ0v) is 11.1. The van der Waals surface area contributed by atoms with Crippen LogP contribution in [-0.2, 0) is 16.9 Å². The summed E-state index contributed by atoms with van der Waals surface area (Å²) in [5.41, 5.74) is 1.17. The van der Waals surface area contributed by atoms with Crippen LogP contribution in [0.5, 0.6) is 0 Å². The summed E-state index contributed by atoms with van der Waals surface area (Å²) in [6.45, 7) is 3.00. The molecule has 1 aromatic rings. The van der Waals surface area contributed by atoms with E-state index in [1.807, 2.05) is 12.1 Å². The fourth-order valence-corrected chi connectivity index (χ4v) is 1.98. The Bertz CT molecular complexity index is 463. The summed E-state index contributed by atoms with van der Waals surface area (Å²) in [4.78, 5) is 2.30. The first kappa shape index (κ1) is 15.4. The highest BCUT2D eigenvalue weighted by Crippen LogP contribution is 2.16. The highest BCUT2D eigenvalue weighted by atomic mass is 32.3. The summed E-state index contributed by atoms with van der Waals surface area (Å²) in [5, 5.41) is 0.528. The van der Waals surface area contributed by atoms with E-state index in [0.717, 1.165) is 19.6 Å². The number of hydrogen-bond acceptors (Lipinski definition) is 4. The van der Waals surface area contributed by atoms with E-state index in [2.05, 4.69) is 17.5 Å². The summed E-state index contributed by atoms with van der Waals surface area (Å²) in [6, 6.07) is 6.68. The maximum Gasteiger partial charge on any atom is 0.394 e. The molecule has 1 aliphatic rings. The Kier molecular flexibility index (Phi) is 5.54. The topological polar surface area (TPSA) is 77.8 Å². The molecule has 1 saturated heterocycles. The van der Waals surface area contributed by atoms with Gasteiger partial charge >= 0.3 is 10.4 Å². The van der Waals surface area contributed by atoms with Crippen LogP contribution in [-0.4, -0.2) is 40.8 Å². The molecule has 102 valence electrons. The Hall–Kier alpha value is -0.670. The van der Waals surface area contributed by atoms with Gasteiger partial charge in [0.1, 0.15) is 5.82 Å². The summed E-state index contributed by atoms with van der Waals surface area (Å²) >= 11 is 4.33. The molecule has 0 amide bonds. The standard InChI is InChI=1S/C10H12FNS.H2O4S/c11-9-3-1-8(2-4-9)5-12-6-10(13)7-12;1-5(2,3)4/h1-4,10,13H,5-7H2;(H2,1,2,3,4). The van der Waals surface area contributed by atoms with E-state index >= 15 is 0 Å². The van der Waals surface area contributed by atoms with Crippen LogP contribution in [0.3, 0.4) is 0 Å². The van der Waals surface area contributed by atoms with Crippen LogP contribution in [0.15, 0.2) is 24.3 Å². The van der Waals surface area contributed by atoms with Gasteiger partial charge in [-0.2, -0.15) is 21.0 Å². The summed E-state index contributed by atoms with van der Waals surface area (Å²) in [5.74, 6) is -0.167. The van der Waals surface area contributed by atoms with Crippen LogP contribution in [0.25, 0.3) is 0 Å². The van der Waals surface area contributed by atoms with Crippen molar-refractivity contribution >= 4 is 23.0 Å². The van der Waals surface area contributed by atoms with Gasteiger partial charge in [-0.05, 0) is 17.7 Å². The average Bonchev–Trinajstić information content (AvgIpc) is 2.16. The summed E-state index contributed by atoms with van der Waals surface area (Å²) in [6.07, 6.45) is 0. The number of nitrogens with zero attached hydrogens (tertiary/aromatic N) is 1. The largest absolute Gasteiger partial charge is 0.394 e. The average molecular weight is 295 g/mol. The monoisotopic (exact) mass is 295 g/mol. The molecular weight excluding hydrogens is 281 g/mol. The SMILES string of the molecule is Fc1ccc(CN2CC(S)C2)cc1.O=S(=O)(O)O. The zero-order chi connectivity index (χ0) is 13.8. The van der Waals surface area contributed by atoms with Crippen molar-refractivity contribution in [2.45, 2.75) is 11.8 Å². The molecule has 5 nitrogen and oxygen atoms in total. The van der Waals surface area contributed by atoms with Gasteiger partial charge in [-0.1, -0.05) is 12.1 Å². The Morgan fingerprint density at radius 2 is 1.72 bits per heavy atom. The first-order valence-electron chi connectivity index (χ1n) is 5.09. The lowest BCUT2D eigenvalue weighted by Crippen LogP contribution is -2.46. The van der Waals surface area contributed by atoms with E-state index in [0.29, 0.717) is 5.25 Å². The summed E-state index contributed by atoms with van der Waals surface area (Å²) < 4.78 is 44.1. The van der Waals surface area contributed by atoms with Gasteiger partial charge in [-0.15, -0.1) is 0 Å². The van der Waals surface area contributed by atoms with Crippen LogP contribution < -0.4 is 0 Å². The smallest absolute Gasteiger partial charge is 0.297 e. The second-order valence-electron chi connectivity index (χ2n) is 3.92. The maximum atomic E-state index is 12.6. The van der Waals surface area contributed by atoms with E-state index in [-0.39, 0.29) is 5.82 Å². The number of hydrogen-bond donors (Lipinski definition) is 3. The van der Waals surface area contributed by atoms with Crippen molar-refractivity contribution in [1.82, 2.24) is 4.90 Å². The Balaban J connectivity index is 0.000000280.